The molecule has 1 aliphatic rings. The number of carbonyl (C=O) groups is 1. The Hall–Kier alpha value is -3.00. The summed E-state index contributed by atoms with van der Waals surface area (Å²) in [6, 6.07) is 12.3. The molecule has 3 rings (SSSR count). The fourth-order valence-electron chi connectivity index (χ4n) is 3.25. The Kier molecular flexibility index (Phi) is 6.54. The predicted molar refractivity (Wildman–Crippen MR) is 106 cm³/mol. The molecule has 1 aliphatic heterocycles. The molecule has 148 valence electrons. The molecular formula is C20H23FN4O3. The van der Waals surface area contributed by atoms with E-state index in [1.165, 1.54) is 36.4 Å². The van der Waals surface area contributed by atoms with Crippen molar-refractivity contribution in [2.75, 3.05) is 42.9 Å². The Labute approximate surface area is 162 Å². The van der Waals surface area contributed by atoms with E-state index >= 15 is 0 Å². The second-order valence-corrected chi connectivity index (χ2v) is 6.76. The lowest BCUT2D eigenvalue weighted by molar-refractivity contribution is -0.384. The molecule has 1 heterocycles. The molecule has 0 saturated carbocycles. The maximum Gasteiger partial charge on any atom is 0.269 e. The van der Waals surface area contributed by atoms with Gasteiger partial charge in [-0.05, 0) is 49.4 Å². The minimum Gasteiger partial charge on any atom is -0.370 e. The van der Waals surface area contributed by atoms with E-state index in [1.807, 2.05) is 0 Å². The number of halogens is 1. The van der Waals surface area contributed by atoms with Crippen LogP contribution in [0.2, 0.25) is 0 Å². The van der Waals surface area contributed by atoms with Crippen LogP contribution in [0.5, 0.6) is 0 Å². The van der Waals surface area contributed by atoms with Crippen LogP contribution in [0.1, 0.15) is 12.8 Å². The van der Waals surface area contributed by atoms with E-state index in [2.05, 4.69) is 15.1 Å². The van der Waals surface area contributed by atoms with Gasteiger partial charge in [0.05, 0.1) is 4.92 Å². The van der Waals surface area contributed by atoms with Crippen molar-refractivity contribution in [2.45, 2.75) is 12.8 Å². The number of non-ortho nitro benzene ring substituents is 1. The van der Waals surface area contributed by atoms with Crippen LogP contribution in [0.25, 0.3) is 0 Å². The van der Waals surface area contributed by atoms with Gasteiger partial charge in [0.25, 0.3) is 5.69 Å². The van der Waals surface area contributed by atoms with Crippen molar-refractivity contribution < 1.29 is 14.1 Å². The highest BCUT2D eigenvalue weighted by Crippen LogP contribution is 2.18. The third-order valence-electron chi connectivity index (χ3n) is 4.80. The first-order valence-corrected chi connectivity index (χ1v) is 9.28. The van der Waals surface area contributed by atoms with Crippen molar-refractivity contribution >= 4 is 23.0 Å². The van der Waals surface area contributed by atoms with Crippen molar-refractivity contribution in [1.82, 2.24) is 4.90 Å². The monoisotopic (exact) mass is 386 g/mol. The van der Waals surface area contributed by atoms with Crippen LogP contribution >= 0.6 is 0 Å². The molecule has 1 N–H and O–H groups in total. The average molecular weight is 386 g/mol. The zero-order chi connectivity index (χ0) is 19.9. The number of nitro benzene ring substituents is 1. The third-order valence-corrected chi connectivity index (χ3v) is 4.80. The van der Waals surface area contributed by atoms with Gasteiger partial charge in [0.15, 0.2) is 0 Å². The fraction of sp³-hybridized carbons (Fsp3) is 0.350. The first kappa shape index (κ1) is 19.8. The van der Waals surface area contributed by atoms with Crippen molar-refractivity contribution in [3.05, 3.63) is 64.5 Å². The van der Waals surface area contributed by atoms with Crippen molar-refractivity contribution in [2.24, 2.45) is 0 Å². The van der Waals surface area contributed by atoms with Crippen molar-refractivity contribution in [1.29, 1.82) is 0 Å². The van der Waals surface area contributed by atoms with Crippen molar-refractivity contribution in [3.63, 3.8) is 0 Å². The summed E-state index contributed by atoms with van der Waals surface area (Å²) in [5, 5.41) is 13.4. The lowest BCUT2D eigenvalue weighted by atomic mass is 10.2. The number of amides is 1. The van der Waals surface area contributed by atoms with Gasteiger partial charge >= 0.3 is 0 Å². The van der Waals surface area contributed by atoms with Gasteiger partial charge in [-0.2, -0.15) is 0 Å². The van der Waals surface area contributed by atoms with E-state index in [9.17, 15) is 19.3 Å². The van der Waals surface area contributed by atoms with Gasteiger partial charge in [-0.1, -0.05) is 0 Å². The summed E-state index contributed by atoms with van der Waals surface area (Å²) in [6.45, 7) is 4.12. The molecule has 0 bridgehead atoms. The molecule has 28 heavy (non-hydrogen) atoms. The molecule has 2 aromatic carbocycles. The standard InChI is InChI=1S/C20H23FN4O3/c21-16-2-6-18(7-3-16)24-12-1-11-23(14-15-24)13-10-20(26)22-17-4-8-19(9-5-17)25(27)28/h2-9H,1,10-15H2,(H,22,26). The normalized spacial score (nSPS) is 15.1. The summed E-state index contributed by atoms with van der Waals surface area (Å²) in [5.74, 6) is -0.354. The van der Waals surface area contributed by atoms with Gasteiger partial charge in [0.2, 0.25) is 5.91 Å². The fourth-order valence-corrected chi connectivity index (χ4v) is 3.25. The summed E-state index contributed by atoms with van der Waals surface area (Å²) < 4.78 is 13.1. The Morgan fingerprint density at radius 3 is 2.43 bits per heavy atom. The van der Waals surface area contributed by atoms with E-state index in [4.69, 9.17) is 0 Å². The van der Waals surface area contributed by atoms with Crippen LogP contribution in [0.4, 0.5) is 21.5 Å². The Bertz CT molecular complexity index is 811. The highest BCUT2D eigenvalue weighted by Gasteiger charge is 2.16. The zero-order valence-corrected chi connectivity index (χ0v) is 15.5. The molecule has 0 spiro atoms. The van der Waals surface area contributed by atoms with Crippen LogP contribution in [0.15, 0.2) is 48.5 Å². The average Bonchev–Trinajstić information content (AvgIpc) is 2.93. The number of hydrogen-bond acceptors (Lipinski definition) is 5. The lowest BCUT2D eigenvalue weighted by Crippen LogP contribution is -2.32. The first-order chi connectivity index (χ1) is 13.5. The predicted octanol–water partition coefficient (Wildman–Crippen LogP) is 3.27. The molecule has 1 saturated heterocycles. The Morgan fingerprint density at radius 2 is 1.75 bits per heavy atom. The number of nitrogens with one attached hydrogen (secondary N) is 1. The molecule has 8 heteroatoms. The van der Waals surface area contributed by atoms with Gasteiger partial charge in [0.1, 0.15) is 5.82 Å². The second-order valence-electron chi connectivity index (χ2n) is 6.76. The van der Waals surface area contributed by atoms with E-state index in [-0.39, 0.29) is 17.4 Å². The quantitative estimate of drug-likeness (QED) is 0.609. The molecule has 0 aromatic heterocycles. The summed E-state index contributed by atoms with van der Waals surface area (Å²) in [4.78, 5) is 26.8. The van der Waals surface area contributed by atoms with E-state index in [0.29, 0.717) is 18.7 Å². The maximum absolute atomic E-state index is 13.1. The summed E-state index contributed by atoms with van der Waals surface area (Å²) in [6.07, 6.45) is 1.33. The lowest BCUT2D eigenvalue weighted by Gasteiger charge is -2.23. The number of benzene rings is 2. The van der Waals surface area contributed by atoms with Crippen LogP contribution in [-0.2, 0) is 4.79 Å². The van der Waals surface area contributed by atoms with Gasteiger partial charge in [0, 0.05) is 56.1 Å². The summed E-state index contributed by atoms with van der Waals surface area (Å²) >= 11 is 0. The van der Waals surface area contributed by atoms with Gasteiger partial charge in [-0.15, -0.1) is 0 Å². The molecule has 0 atom stereocenters. The number of nitrogens with zero attached hydrogens (tertiary/aromatic N) is 3. The highest BCUT2D eigenvalue weighted by atomic mass is 19.1. The minimum atomic E-state index is -0.472. The Balaban J connectivity index is 1.44. The molecule has 2 aromatic rings. The number of rotatable bonds is 6. The number of carbonyl (C=O) groups excluding carboxylic acids is 1. The third kappa shape index (κ3) is 5.50. The van der Waals surface area contributed by atoms with Crippen LogP contribution in [0.3, 0.4) is 0 Å². The molecule has 1 amide bonds. The second kappa shape index (κ2) is 9.27. The van der Waals surface area contributed by atoms with Crippen LogP contribution < -0.4 is 10.2 Å². The number of anilines is 2. The number of hydrogen-bond donors (Lipinski definition) is 1. The largest absolute Gasteiger partial charge is 0.370 e. The van der Waals surface area contributed by atoms with Crippen molar-refractivity contribution in [3.8, 4) is 0 Å². The van der Waals surface area contributed by atoms with E-state index in [0.717, 1.165) is 38.3 Å². The van der Waals surface area contributed by atoms with Crippen LogP contribution in [0, 0.1) is 15.9 Å². The van der Waals surface area contributed by atoms with E-state index < -0.39 is 4.92 Å². The Morgan fingerprint density at radius 1 is 1.04 bits per heavy atom. The smallest absolute Gasteiger partial charge is 0.269 e. The SMILES string of the molecule is O=C(CCN1CCCN(c2ccc(F)cc2)CC1)Nc1ccc([N+](=O)[O-])cc1. The topological polar surface area (TPSA) is 78.7 Å². The van der Waals surface area contributed by atoms with Gasteiger partial charge in [-0.3, -0.25) is 14.9 Å². The molecule has 0 unspecified atom stereocenters. The minimum absolute atomic E-state index is 0.00623. The molecule has 7 nitrogen and oxygen atoms in total. The summed E-state index contributed by atoms with van der Waals surface area (Å²) in [7, 11) is 0. The molecule has 1 fully saturated rings. The van der Waals surface area contributed by atoms with Crippen LogP contribution in [-0.4, -0.2) is 48.5 Å². The highest BCUT2D eigenvalue weighted by molar-refractivity contribution is 5.90. The molecule has 0 radical (unpaired) electrons. The molecular weight excluding hydrogens is 363 g/mol. The van der Waals surface area contributed by atoms with Gasteiger partial charge in [-0.25, -0.2) is 4.39 Å². The molecule has 0 aliphatic carbocycles. The van der Waals surface area contributed by atoms with E-state index in [1.54, 1.807) is 12.1 Å². The maximum atomic E-state index is 13.1. The van der Waals surface area contributed by atoms with Gasteiger partial charge < -0.3 is 15.1 Å². The summed E-state index contributed by atoms with van der Waals surface area (Å²) in [5.41, 5.74) is 1.56. The zero-order valence-electron chi connectivity index (χ0n) is 15.5. The number of nitro groups is 1. The first-order valence-electron chi connectivity index (χ1n) is 9.28.